The first-order chi connectivity index (χ1) is 15.4. The van der Waals surface area contributed by atoms with Gasteiger partial charge in [0.2, 0.25) is 0 Å². The highest BCUT2D eigenvalue weighted by molar-refractivity contribution is 5.68. The van der Waals surface area contributed by atoms with E-state index in [4.69, 9.17) is 14.2 Å². The van der Waals surface area contributed by atoms with E-state index in [-0.39, 0.29) is 6.09 Å². The normalized spacial score (nSPS) is 25.3. The van der Waals surface area contributed by atoms with Gasteiger partial charge in [0.15, 0.2) is 0 Å². The molecule has 7 heteroatoms. The third kappa shape index (κ3) is 6.59. The second kappa shape index (κ2) is 10.4. The number of hydrogen-bond acceptors (Lipinski definition) is 6. The monoisotopic (exact) mass is 445 g/mol. The zero-order valence-electron chi connectivity index (χ0n) is 19.9. The maximum Gasteiger partial charge on any atom is 0.410 e. The van der Waals surface area contributed by atoms with Gasteiger partial charge in [-0.2, -0.15) is 0 Å². The molecule has 0 aromatic heterocycles. The number of morpholine rings is 1. The molecule has 0 bridgehead atoms. The molecule has 0 saturated carbocycles. The van der Waals surface area contributed by atoms with Crippen molar-refractivity contribution in [1.29, 1.82) is 0 Å². The smallest absolute Gasteiger partial charge is 0.410 e. The van der Waals surface area contributed by atoms with Crippen LogP contribution in [-0.2, 0) is 16.0 Å². The van der Waals surface area contributed by atoms with E-state index >= 15 is 0 Å². The van der Waals surface area contributed by atoms with Crippen LogP contribution < -0.4 is 4.74 Å². The van der Waals surface area contributed by atoms with Gasteiger partial charge in [-0.25, -0.2) is 4.79 Å². The zero-order valence-corrected chi connectivity index (χ0v) is 19.9. The molecule has 1 aromatic carbocycles. The topological polar surface area (TPSA) is 54.5 Å². The summed E-state index contributed by atoms with van der Waals surface area (Å²) in [5.74, 6) is 1.50. The van der Waals surface area contributed by atoms with Crippen LogP contribution >= 0.6 is 0 Å². The van der Waals surface area contributed by atoms with E-state index in [0.717, 1.165) is 84.2 Å². The molecule has 3 fully saturated rings. The van der Waals surface area contributed by atoms with Crippen LogP contribution in [0.2, 0.25) is 0 Å². The quantitative estimate of drug-likeness (QED) is 0.694. The average molecular weight is 446 g/mol. The molecule has 3 saturated heterocycles. The molecule has 0 radical (unpaired) electrons. The summed E-state index contributed by atoms with van der Waals surface area (Å²) in [5, 5.41) is 0. The number of piperazine rings is 1. The minimum atomic E-state index is -0.442. The van der Waals surface area contributed by atoms with E-state index in [1.54, 1.807) is 0 Å². The van der Waals surface area contributed by atoms with Crippen molar-refractivity contribution in [1.82, 2.24) is 14.7 Å². The molecular formula is C25H39N3O4. The minimum absolute atomic E-state index is 0.181. The van der Waals surface area contributed by atoms with Crippen molar-refractivity contribution >= 4 is 6.09 Å². The first kappa shape index (κ1) is 23.3. The summed E-state index contributed by atoms with van der Waals surface area (Å²) in [4.78, 5) is 19.3. The number of amides is 1. The van der Waals surface area contributed by atoms with Gasteiger partial charge >= 0.3 is 6.09 Å². The van der Waals surface area contributed by atoms with Crippen molar-refractivity contribution in [3.63, 3.8) is 0 Å². The fraction of sp³-hybridized carbons (Fsp3) is 0.720. The Hall–Kier alpha value is -1.83. The van der Waals surface area contributed by atoms with Crippen molar-refractivity contribution in [3.05, 3.63) is 29.8 Å². The first-order valence-corrected chi connectivity index (χ1v) is 12.1. The van der Waals surface area contributed by atoms with E-state index in [2.05, 4.69) is 34.1 Å². The van der Waals surface area contributed by atoms with Gasteiger partial charge in [-0.15, -0.1) is 0 Å². The van der Waals surface area contributed by atoms with E-state index in [0.29, 0.717) is 12.0 Å². The number of piperidine rings is 1. The Labute approximate surface area is 192 Å². The van der Waals surface area contributed by atoms with Gasteiger partial charge in [-0.05, 0) is 51.3 Å². The predicted molar refractivity (Wildman–Crippen MR) is 124 cm³/mol. The summed E-state index contributed by atoms with van der Waals surface area (Å²) in [6.07, 6.45) is 2.06. The van der Waals surface area contributed by atoms with E-state index in [9.17, 15) is 4.79 Å². The maximum atomic E-state index is 12.4. The highest BCUT2D eigenvalue weighted by Crippen LogP contribution is 2.27. The van der Waals surface area contributed by atoms with Crippen molar-refractivity contribution < 1.29 is 19.0 Å². The molecule has 4 rings (SSSR count). The van der Waals surface area contributed by atoms with Crippen LogP contribution in [0.4, 0.5) is 4.79 Å². The fourth-order valence-corrected chi connectivity index (χ4v) is 4.85. The number of hydrogen-bond donors (Lipinski definition) is 0. The summed E-state index contributed by atoms with van der Waals surface area (Å²) in [7, 11) is 0. The van der Waals surface area contributed by atoms with E-state index < -0.39 is 5.60 Å². The Kier molecular flexibility index (Phi) is 7.59. The van der Waals surface area contributed by atoms with E-state index in [1.165, 1.54) is 5.56 Å². The standard InChI is InChI=1S/C25H39N3O4/c1-25(2,3)32-24(29)28-10-9-27-17-21(7-8-22(27)18-28)19-31-23-6-4-5-20(15-23)16-26-11-13-30-14-12-26/h4-6,15,21-22H,7-14,16-19H2,1-3H3. The van der Waals surface area contributed by atoms with Gasteiger partial charge in [-0.1, -0.05) is 12.1 Å². The number of rotatable bonds is 5. The molecule has 2 atom stereocenters. The van der Waals surface area contributed by atoms with Gasteiger partial charge < -0.3 is 19.1 Å². The Morgan fingerprint density at radius 3 is 2.69 bits per heavy atom. The molecule has 3 heterocycles. The molecule has 3 aliphatic heterocycles. The first-order valence-electron chi connectivity index (χ1n) is 12.1. The lowest BCUT2D eigenvalue weighted by Gasteiger charge is -2.46. The Morgan fingerprint density at radius 2 is 1.91 bits per heavy atom. The lowest BCUT2D eigenvalue weighted by atomic mass is 9.91. The third-order valence-corrected chi connectivity index (χ3v) is 6.55. The van der Waals surface area contributed by atoms with E-state index in [1.807, 2.05) is 25.7 Å². The minimum Gasteiger partial charge on any atom is -0.493 e. The van der Waals surface area contributed by atoms with Crippen molar-refractivity contribution in [2.45, 2.75) is 51.8 Å². The van der Waals surface area contributed by atoms with Gasteiger partial charge in [-0.3, -0.25) is 9.80 Å². The van der Waals surface area contributed by atoms with Crippen molar-refractivity contribution in [2.75, 3.05) is 59.1 Å². The Morgan fingerprint density at radius 1 is 1.09 bits per heavy atom. The molecule has 178 valence electrons. The number of carbonyl (C=O) groups is 1. The summed E-state index contributed by atoms with van der Waals surface area (Å²) in [5.41, 5.74) is 0.856. The molecule has 0 spiro atoms. The van der Waals surface area contributed by atoms with Gasteiger partial charge in [0.1, 0.15) is 11.4 Å². The molecule has 3 aliphatic rings. The number of carbonyl (C=O) groups excluding carboxylic acids is 1. The third-order valence-electron chi connectivity index (χ3n) is 6.55. The van der Waals surface area contributed by atoms with Crippen molar-refractivity contribution in [2.24, 2.45) is 5.92 Å². The largest absolute Gasteiger partial charge is 0.493 e. The number of nitrogens with zero attached hydrogens (tertiary/aromatic N) is 3. The second-order valence-electron chi connectivity index (χ2n) is 10.4. The maximum absolute atomic E-state index is 12.4. The summed E-state index contributed by atoms with van der Waals surface area (Å²) >= 11 is 0. The molecule has 32 heavy (non-hydrogen) atoms. The number of ether oxygens (including phenoxy) is 3. The summed E-state index contributed by atoms with van der Waals surface area (Å²) < 4.78 is 17.2. The summed E-state index contributed by atoms with van der Waals surface area (Å²) in [6, 6.07) is 8.95. The van der Waals surface area contributed by atoms with Crippen molar-refractivity contribution in [3.8, 4) is 5.75 Å². The van der Waals surface area contributed by atoms with Gasteiger partial charge in [0, 0.05) is 57.8 Å². The molecule has 0 aliphatic carbocycles. The van der Waals surface area contributed by atoms with Crippen LogP contribution in [0.5, 0.6) is 5.75 Å². The van der Waals surface area contributed by atoms with Crippen LogP contribution in [0.15, 0.2) is 24.3 Å². The Bertz CT molecular complexity index is 760. The van der Waals surface area contributed by atoms with Crippen LogP contribution in [0.3, 0.4) is 0 Å². The lowest BCUT2D eigenvalue weighted by molar-refractivity contribution is -0.0122. The van der Waals surface area contributed by atoms with Crippen LogP contribution in [-0.4, -0.2) is 91.5 Å². The summed E-state index contributed by atoms with van der Waals surface area (Å²) in [6.45, 7) is 14.6. The zero-order chi connectivity index (χ0) is 22.6. The lowest BCUT2D eigenvalue weighted by Crippen LogP contribution is -2.58. The molecule has 1 amide bonds. The molecule has 2 unspecified atom stereocenters. The molecule has 1 aromatic rings. The second-order valence-corrected chi connectivity index (χ2v) is 10.4. The highest BCUT2D eigenvalue weighted by Gasteiger charge is 2.35. The fourth-order valence-electron chi connectivity index (χ4n) is 4.85. The molecule has 0 N–H and O–H groups in total. The highest BCUT2D eigenvalue weighted by atomic mass is 16.6. The van der Waals surface area contributed by atoms with Gasteiger partial charge in [0.05, 0.1) is 19.8 Å². The van der Waals surface area contributed by atoms with Crippen LogP contribution in [0, 0.1) is 5.92 Å². The van der Waals surface area contributed by atoms with Gasteiger partial charge in [0.25, 0.3) is 0 Å². The molecular weight excluding hydrogens is 406 g/mol. The Balaban J connectivity index is 1.22. The van der Waals surface area contributed by atoms with Crippen LogP contribution in [0.25, 0.3) is 0 Å². The predicted octanol–water partition coefficient (Wildman–Crippen LogP) is 3.23. The van der Waals surface area contributed by atoms with Crippen LogP contribution in [0.1, 0.15) is 39.2 Å². The number of fused-ring (bicyclic) bond motifs is 1. The average Bonchev–Trinajstić information content (AvgIpc) is 2.77. The number of benzene rings is 1. The molecule has 7 nitrogen and oxygen atoms in total. The SMILES string of the molecule is CC(C)(C)OC(=O)N1CCN2CC(COc3cccc(CN4CCOCC4)c3)CCC2C1.